The summed E-state index contributed by atoms with van der Waals surface area (Å²) in [5, 5.41) is 9.84. The molecule has 0 aliphatic carbocycles. The number of piperidine rings is 1. The highest BCUT2D eigenvalue weighted by Crippen LogP contribution is 2.32. The first kappa shape index (κ1) is 15.8. The Kier molecular flexibility index (Phi) is 4.54. The number of furan rings is 1. The lowest BCUT2D eigenvalue weighted by Crippen LogP contribution is -2.34. The standard InChI is InChI=1S/C17H21NO5/c1-18-7-5-11(6-8-18)22-10-12-9-14-13(17(19)20)3-4-15(21-2)16(14)23-12/h3-4,9,11H,5-8,10H2,1-2H3,(H,19,20). The highest BCUT2D eigenvalue weighted by molar-refractivity contribution is 6.04. The van der Waals surface area contributed by atoms with Crippen LogP contribution in [0, 0.1) is 0 Å². The van der Waals surface area contributed by atoms with Gasteiger partial charge in [-0.3, -0.25) is 0 Å². The molecule has 1 fully saturated rings. The Balaban J connectivity index is 1.79. The van der Waals surface area contributed by atoms with Gasteiger partial charge in [0.25, 0.3) is 0 Å². The minimum atomic E-state index is -0.985. The number of carboxylic acid groups (broad SMARTS) is 1. The average Bonchev–Trinajstić information content (AvgIpc) is 2.97. The van der Waals surface area contributed by atoms with Crippen molar-refractivity contribution < 1.29 is 23.8 Å². The summed E-state index contributed by atoms with van der Waals surface area (Å²) < 4.78 is 16.9. The Hall–Kier alpha value is -2.05. The van der Waals surface area contributed by atoms with Crippen LogP contribution >= 0.6 is 0 Å². The molecule has 1 N–H and O–H groups in total. The summed E-state index contributed by atoms with van der Waals surface area (Å²) in [6.45, 7) is 2.40. The van der Waals surface area contributed by atoms with E-state index < -0.39 is 5.97 Å². The molecule has 1 aromatic heterocycles. The number of hydrogen-bond donors (Lipinski definition) is 1. The molecule has 2 heterocycles. The third kappa shape index (κ3) is 3.33. The van der Waals surface area contributed by atoms with Crippen molar-refractivity contribution in [3.63, 3.8) is 0 Å². The van der Waals surface area contributed by atoms with Crippen LogP contribution in [0.1, 0.15) is 29.0 Å². The lowest BCUT2D eigenvalue weighted by molar-refractivity contribution is -0.00433. The normalized spacial score (nSPS) is 16.8. The van der Waals surface area contributed by atoms with E-state index in [9.17, 15) is 9.90 Å². The van der Waals surface area contributed by atoms with E-state index in [1.807, 2.05) is 0 Å². The van der Waals surface area contributed by atoms with Crippen LogP contribution in [-0.4, -0.2) is 49.3 Å². The number of ether oxygens (including phenoxy) is 2. The maximum atomic E-state index is 11.3. The quantitative estimate of drug-likeness (QED) is 0.913. The van der Waals surface area contributed by atoms with Gasteiger partial charge in [-0.05, 0) is 38.1 Å². The van der Waals surface area contributed by atoms with Crippen LogP contribution < -0.4 is 4.74 Å². The van der Waals surface area contributed by atoms with Gasteiger partial charge >= 0.3 is 5.97 Å². The van der Waals surface area contributed by atoms with E-state index >= 15 is 0 Å². The van der Waals surface area contributed by atoms with E-state index in [1.54, 1.807) is 12.1 Å². The number of carbonyl (C=O) groups is 1. The van der Waals surface area contributed by atoms with E-state index in [2.05, 4.69) is 11.9 Å². The molecule has 6 heteroatoms. The predicted octanol–water partition coefficient (Wildman–Crippen LogP) is 2.75. The van der Waals surface area contributed by atoms with Crippen LogP contribution in [0.25, 0.3) is 11.0 Å². The van der Waals surface area contributed by atoms with Crippen LogP contribution in [0.4, 0.5) is 0 Å². The zero-order chi connectivity index (χ0) is 16.4. The highest BCUT2D eigenvalue weighted by Gasteiger charge is 2.20. The van der Waals surface area contributed by atoms with Gasteiger partial charge in [-0.1, -0.05) is 0 Å². The summed E-state index contributed by atoms with van der Waals surface area (Å²) >= 11 is 0. The third-order valence-corrected chi connectivity index (χ3v) is 4.28. The van der Waals surface area contributed by atoms with Crippen molar-refractivity contribution in [1.82, 2.24) is 4.90 Å². The van der Waals surface area contributed by atoms with Gasteiger partial charge in [0.05, 0.1) is 18.8 Å². The molecule has 0 saturated carbocycles. The second-order valence-corrected chi connectivity index (χ2v) is 5.89. The first-order valence-corrected chi connectivity index (χ1v) is 7.71. The zero-order valence-electron chi connectivity index (χ0n) is 13.4. The predicted molar refractivity (Wildman–Crippen MR) is 85.0 cm³/mol. The number of hydrogen-bond acceptors (Lipinski definition) is 5. The minimum Gasteiger partial charge on any atom is -0.493 e. The number of benzene rings is 1. The third-order valence-electron chi connectivity index (χ3n) is 4.28. The molecule has 23 heavy (non-hydrogen) atoms. The van der Waals surface area contributed by atoms with Crippen molar-refractivity contribution in [1.29, 1.82) is 0 Å². The molecule has 0 unspecified atom stereocenters. The summed E-state index contributed by atoms with van der Waals surface area (Å²) in [7, 11) is 3.64. The van der Waals surface area contributed by atoms with Gasteiger partial charge in [0.2, 0.25) is 0 Å². The van der Waals surface area contributed by atoms with Gasteiger partial charge in [-0.15, -0.1) is 0 Å². The maximum Gasteiger partial charge on any atom is 0.336 e. The summed E-state index contributed by atoms with van der Waals surface area (Å²) in [4.78, 5) is 13.6. The van der Waals surface area contributed by atoms with Crippen LogP contribution in [0.3, 0.4) is 0 Å². The van der Waals surface area contributed by atoms with Crippen molar-refractivity contribution in [3.8, 4) is 5.75 Å². The van der Waals surface area contributed by atoms with E-state index in [4.69, 9.17) is 13.9 Å². The fourth-order valence-corrected chi connectivity index (χ4v) is 2.92. The molecule has 0 atom stereocenters. The molecule has 124 valence electrons. The molecule has 0 spiro atoms. The van der Waals surface area contributed by atoms with Crippen molar-refractivity contribution >= 4 is 16.9 Å². The molecule has 3 rings (SSSR count). The summed E-state index contributed by atoms with van der Waals surface area (Å²) in [6, 6.07) is 4.87. The number of fused-ring (bicyclic) bond motifs is 1. The van der Waals surface area contributed by atoms with E-state index in [-0.39, 0.29) is 11.7 Å². The zero-order valence-corrected chi connectivity index (χ0v) is 13.4. The minimum absolute atomic E-state index is 0.204. The average molecular weight is 319 g/mol. The largest absolute Gasteiger partial charge is 0.493 e. The topological polar surface area (TPSA) is 72.1 Å². The smallest absolute Gasteiger partial charge is 0.336 e. The number of aromatic carboxylic acids is 1. The number of likely N-dealkylation sites (tertiary alicyclic amines) is 1. The second kappa shape index (κ2) is 6.60. The fourth-order valence-electron chi connectivity index (χ4n) is 2.92. The van der Waals surface area contributed by atoms with E-state index in [1.165, 1.54) is 13.2 Å². The van der Waals surface area contributed by atoms with Gasteiger partial charge in [-0.2, -0.15) is 0 Å². The molecular weight excluding hydrogens is 298 g/mol. The summed E-state index contributed by atoms with van der Waals surface area (Å²) in [5.41, 5.74) is 0.657. The van der Waals surface area contributed by atoms with Crippen molar-refractivity contribution in [2.75, 3.05) is 27.2 Å². The molecule has 2 aromatic rings. The molecule has 6 nitrogen and oxygen atoms in total. The van der Waals surface area contributed by atoms with Crippen LogP contribution in [0.2, 0.25) is 0 Å². The Morgan fingerprint density at radius 2 is 2.13 bits per heavy atom. The molecule has 1 aromatic carbocycles. The SMILES string of the molecule is COc1ccc(C(=O)O)c2cc(COC3CCN(C)CC3)oc12. The Labute approximate surface area is 134 Å². The van der Waals surface area contributed by atoms with Gasteiger partial charge in [-0.25, -0.2) is 4.79 Å². The lowest BCUT2D eigenvalue weighted by atomic mass is 10.1. The maximum absolute atomic E-state index is 11.3. The second-order valence-electron chi connectivity index (χ2n) is 5.89. The molecule has 1 saturated heterocycles. The van der Waals surface area contributed by atoms with Gasteiger partial charge in [0.1, 0.15) is 12.4 Å². The Morgan fingerprint density at radius 1 is 1.39 bits per heavy atom. The monoisotopic (exact) mass is 319 g/mol. The number of rotatable bonds is 5. The Morgan fingerprint density at radius 3 is 2.78 bits per heavy atom. The summed E-state index contributed by atoms with van der Waals surface area (Å²) in [5.74, 6) is 0.155. The van der Waals surface area contributed by atoms with E-state index in [0.717, 1.165) is 25.9 Å². The first-order valence-electron chi connectivity index (χ1n) is 7.71. The highest BCUT2D eigenvalue weighted by atomic mass is 16.5. The van der Waals surface area contributed by atoms with Crippen molar-refractivity contribution in [2.24, 2.45) is 0 Å². The molecule has 1 aliphatic rings. The fraction of sp³-hybridized carbons (Fsp3) is 0.471. The molecule has 0 radical (unpaired) electrons. The van der Waals surface area contributed by atoms with Crippen molar-refractivity contribution in [2.45, 2.75) is 25.6 Å². The van der Waals surface area contributed by atoms with Gasteiger partial charge in [0, 0.05) is 18.5 Å². The number of carboxylic acids is 1. The van der Waals surface area contributed by atoms with Gasteiger partial charge < -0.3 is 23.9 Å². The number of methoxy groups -OCH3 is 1. The molecule has 0 amide bonds. The van der Waals surface area contributed by atoms with Crippen molar-refractivity contribution in [3.05, 3.63) is 29.5 Å². The summed E-state index contributed by atoms with van der Waals surface area (Å²) in [6.07, 6.45) is 2.22. The van der Waals surface area contributed by atoms with Crippen LogP contribution in [0.5, 0.6) is 5.75 Å². The van der Waals surface area contributed by atoms with Crippen LogP contribution in [-0.2, 0) is 11.3 Å². The molecule has 0 bridgehead atoms. The van der Waals surface area contributed by atoms with E-state index in [0.29, 0.717) is 29.1 Å². The van der Waals surface area contributed by atoms with Crippen LogP contribution in [0.15, 0.2) is 22.6 Å². The lowest BCUT2D eigenvalue weighted by Gasteiger charge is -2.28. The number of nitrogens with zero attached hydrogens (tertiary/aromatic N) is 1. The molecule has 1 aliphatic heterocycles. The first-order chi connectivity index (χ1) is 11.1. The van der Waals surface area contributed by atoms with Gasteiger partial charge in [0.15, 0.2) is 11.3 Å². The Bertz CT molecular complexity index is 700. The molecular formula is C17H21NO5.